The number of amides is 1. The minimum Gasteiger partial charge on any atom is -0.346 e. The lowest BCUT2D eigenvalue weighted by Crippen LogP contribution is -2.36. The second-order valence-corrected chi connectivity index (χ2v) is 11.5. The molecular formula is C31H41N5O2. The molecule has 0 bridgehead atoms. The molecular weight excluding hydrogens is 474 g/mol. The lowest BCUT2D eigenvalue weighted by molar-refractivity contribution is -0.124. The number of likely N-dealkylation sites (tertiary alicyclic amines) is 1. The number of Topliss-reactive ketones (excluding diaryl/α,β-unsaturated/α-hetero) is 1. The Kier molecular flexibility index (Phi) is 7.93. The fourth-order valence-corrected chi connectivity index (χ4v) is 5.96. The molecule has 3 heterocycles. The van der Waals surface area contributed by atoms with E-state index in [-0.39, 0.29) is 23.3 Å². The maximum atomic E-state index is 13.4. The number of fused-ring (bicyclic) bond motifs is 1. The predicted molar refractivity (Wildman–Crippen MR) is 151 cm³/mol. The third-order valence-corrected chi connectivity index (χ3v) is 8.71. The fraction of sp³-hybridized carbons (Fsp3) is 0.548. The maximum absolute atomic E-state index is 13.4. The van der Waals surface area contributed by atoms with Gasteiger partial charge >= 0.3 is 0 Å². The van der Waals surface area contributed by atoms with E-state index in [2.05, 4.69) is 45.4 Å². The number of pyridine rings is 1. The second-order valence-electron chi connectivity index (χ2n) is 11.5. The van der Waals surface area contributed by atoms with Crippen molar-refractivity contribution in [1.29, 1.82) is 0 Å². The Labute approximate surface area is 225 Å². The molecule has 1 aliphatic heterocycles. The van der Waals surface area contributed by atoms with Crippen molar-refractivity contribution in [3.63, 3.8) is 0 Å². The van der Waals surface area contributed by atoms with Gasteiger partial charge in [-0.2, -0.15) is 0 Å². The topological polar surface area (TPSA) is 91.0 Å². The number of imidazole rings is 1. The maximum Gasteiger partial charge on any atom is 0.224 e. The standard InChI is InChI=1S/C31H41N5O2/c1-4-24(37)8-6-5-7-9-27(35-30(38)25-19-31(25)14-16-36(3)17-15-31)29-32-20-28(34-29)23-12-13-26-22(18-23)11-10-21(2)33-26/h10-13,18,20,25,27H,4-9,14-17,19H2,1-3H3,(H,32,34)(H,35,38)/t25-,27+/m1/s1. The van der Waals surface area contributed by atoms with Crippen LogP contribution in [-0.4, -0.2) is 51.7 Å². The van der Waals surface area contributed by atoms with Gasteiger partial charge in [-0.1, -0.05) is 31.9 Å². The normalized spacial score (nSPS) is 19.5. The largest absolute Gasteiger partial charge is 0.346 e. The molecule has 2 fully saturated rings. The number of ketones is 1. The summed E-state index contributed by atoms with van der Waals surface area (Å²) in [5.41, 5.74) is 4.18. The third-order valence-electron chi connectivity index (χ3n) is 8.71. The van der Waals surface area contributed by atoms with Crippen LogP contribution in [0.2, 0.25) is 0 Å². The summed E-state index contributed by atoms with van der Waals surface area (Å²) < 4.78 is 0. The summed E-state index contributed by atoms with van der Waals surface area (Å²) in [5, 5.41) is 4.46. The molecule has 1 aliphatic carbocycles. The summed E-state index contributed by atoms with van der Waals surface area (Å²) in [6.45, 7) is 6.07. The predicted octanol–water partition coefficient (Wildman–Crippen LogP) is 5.75. The van der Waals surface area contributed by atoms with Crippen molar-refractivity contribution in [3.8, 4) is 11.3 Å². The molecule has 1 spiro atoms. The highest BCUT2D eigenvalue weighted by molar-refractivity contribution is 5.84. The van der Waals surface area contributed by atoms with E-state index in [1.165, 1.54) is 0 Å². The average Bonchev–Trinajstić information content (AvgIpc) is 3.40. The number of aryl methyl sites for hydroxylation is 1. The fourth-order valence-electron chi connectivity index (χ4n) is 5.96. The zero-order valence-corrected chi connectivity index (χ0v) is 23.1. The summed E-state index contributed by atoms with van der Waals surface area (Å²) in [6.07, 6.45) is 9.98. The van der Waals surface area contributed by atoms with Crippen molar-refractivity contribution in [2.45, 2.75) is 77.7 Å². The molecule has 7 nitrogen and oxygen atoms in total. The molecule has 38 heavy (non-hydrogen) atoms. The molecule has 2 atom stereocenters. The van der Waals surface area contributed by atoms with Crippen LogP contribution < -0.4 is 5.32 Å². The molecule has 2 aliphatic rings. The van der Waals surface area contributed by atoms with Gasteiger partial charge in [-0.05, 0) is 82.8 Å². The van der Waals surface area contributed by atoms with Crippen LogP contribution in [0.3, 0.4) is 0 Å². The number of benzene rings is 1. The number of unbranched alkanes of at least 4 members (excludes halogenated alkanes) is 2. The van der Waals surface area contributed by atoms with Crippen molar-refractivity contribution < 1.29 is 9.59 Å². The van der Waals surface area contributed by atoms with Gasteiger partial charge in [0.25, 0.3) is 0 Å². The molecule has 1 saturated heterocycles. The second kappa shape index (κ2) is 11.4. The lowest BCUT2D eigenvalue weighted by atomic mass is 9.91. The number of carbonyl (C=O) groups excluding carboxylic acids is 2. The number of H-pyrrole nitrogens is 1. The van der Waals surface area contributed by atoms with Crippen LogP contribution in [0.4, 0.5) is 0 Å². The van der Waals surface area contributed by atoms with Crippen molar-refractivity contribution in [3.05, 3.63) is 48.0 Å². The van der Waals surface area contributed by atoms with E-state index < -0.39 is 0 Å². The molecule has 1 amide bonds. The van der Waals surface area contributed by atoms with Gasteiger partial charge in [0.1, 0.15) is 11.6 Å². The summed E-state index contributed by atoms with van der Waals surface area (Å²) in [5.74, 6) is 1.42. The van der Waals surface area contributed by atoms with E-state index >= 15 is 0 Å². The Hall–Kier alpha value is -3.06. The van der Waals surface area contributed by atoms with E-state index in [1.54, 1.807) is 0 Å². The summed E-state index contributed by atoms with van der Waals surface area (Å²) >= 11 is 0. The van der Waals surface area contributed by atoms with Crippen molar-refractivity contribution in [1.82, 2.24) is 25.2 Å². The first-order chi connectivity index (χ1) is 18.4. The van der Waals surface area contributed by atoms with Crippen molar-refractivity contribution in [2.24, 2.45) is 11.3 Å². The molecule has 7 heteroatoms. The molecule has 5 rings (SSSR count). The highest BCUT2D eigenvalue weighted by atomic mass is 16.2. The Balaban J connectivity index is 1.28. The quantitative estimate of drug-likeness (QED) is 0.317. The van der Waals surface area contributed by atoms with Crippen molar-refractivity contribution in [2.75, 3.05) is 20.1 Å². The SMILES string of the molecule is CCC(=O)CCCCC[C@H](NC(=O)[C@H]1CC12CCN(C)CC2)c1ncc(-c2ccc3nc(C)ccc3c2)[nH]1. The molecule has 0 unspecified atom stereocenters. The molecule has 3 aromatic rings. The summed E-state index contributed by atoms with van der Waals surface area (Å²) in [4.78, 5) is 40.3. The molecule has 1 aromatic carbocycles. The van der Waals surface area contributed by atoms with Gasteiger partial charge in [0.05, 0.1) is 23.4 Å². The van der Waals surface area contributed by atoms with E-state index in [0.29, 0.717) is 18.6 Å². The number of hydrogen-bond donors (Lipinski definition) is 2. The van der Waals surface area contributed by atoms with Gasteiger partial charge in [0, 0.05) is 35.4 Å². The number of nitrogens with one attached hydrogen (secondary N) is 2. The van der Waals surface area contributed by atoms with Gasteiger partial charge in [-0.25, -0.2) is 4.98 Å². The van der Waals surface area contributed by atoms with E-state index in [9.17, 15) is 9.59 Å². The van der Waals surface area contributed by atoms with E-state index in [0.717, 1.165) is 91.7 Å². The lowest BCUT2D eigenvalue weighted by Gasteiger charge is -2.30. The number of piperidine rings is 1. The third kappa shape index (κ3) is 5.98. The first-order valence-corrected chi connectivity index (χ1v) is 14.3. The van der Waals surface area contributed by atoms with Gasteiger partial charge < -0.3 is 15.2 Å². The Morgan fingerprint density at radius 1 is 1.16 bits per heavy atom. The summed E-state index contributed by atoms with van der Waals surface area (Å²) in [7, 11) is 2.16. The highest BCUT2D eigenvalue weighted by Gasteiger charge is 2.58. The zero-order chi connectivity index (χ0) is 26.7. The molecule has 2 aromatic heterocycles. The summed E-state index contributed by atoms with van der Waals surface area (Å²) in [6, 6.07) is 10.2. The Morgan fingerprint density at radius 2 is 1.97 bits per heavy atom. The van der Waals surface area contributed by atoms with Crippen LogP contribution >= 0.6 is 0 Å². The molecule has 2 N–H and O–H groups in total. The number of aromatic amines is 1. The van der Waals surface area contributed by atoms with Crippen LogP contribution in [-0.2, 0) is 9.59 Å². The number of rotatable bonds is 11. The zero-order valence-electron chi connectivity index (χ0n) is 23.1. The van der Waals surface area contributed by atoms with Crippen LogP contribution in [0.25, 0.3) is 22.2 Å². The van der Waals surface area contributed by atoms with Crippen molar-refractivity contribution >= 4 is 22.6 Å². The van der Waals surface area contributed by atoms with Gasteiger partial charge in [0.2, 0.25) is 5.91 Å². The van der Waals surface area contributed by atoms with Gasteiger partial charge in [-0.15, -0.1) is 0 Å². The average molecular weight is 516 g/mol. The Morgan fingerprint density at radius 3 is 2.76 bits per heavy atom. The first kappa shape index (κ1) is 26.5. The molecule has 0 radical (unpaired) electrons. The smallest absolute Gasteiger partial charge is 0.224 e. The number of nitrogens with zero attached hydrogens (tertiary/aromatic N) is 3. The first-order valence-electron chi connectivity index (χ1n) is 14.3. The Bertz CT molecular complexity index is 1290. The minimum atomic E-state index is -0.160. The molecule has 202 valence electrons. The number of hydrogen-bond acceptors (Lipinski definition) is 5. The number of aromatic nitrogens is 3. The minimum absolute atomic E-state index is 0.117. The van der Waals surface area contributed by atoms with Crippen LogP contribution in [0.1, 0.15) is 82.3 Å². The number of carbonyl (C=O) groups is 2. The van der Waals surface area contributed by atoms with E-state index in [1.807, 2.05) is 32.2 Å². The van der Waals surface area contributed by atoms with Crippen LogP contribution in [0.5, 0.6) is 0 Å². The highest BCUT2D eigenvalue weighted by Crippen LogP contribution is 2.59. The van der Waals surface area contributed by atoms with Gasteiger partial charge in [0.15, 0.2) is 0 Å². The van der Waals surface area contributed by atoms with Crippen LogP contribution in [0.15, 0.2) is 36.5 Å². The monoisotopic (exact) mass is 515 g/mol. The van der Waals surface area contributed by atoms with Gasteiger partial charge in [-0.3, -0.25) is 14.6 Å². The van der Waals surface area contributed by atoms with E-state index in [4.69, 9.17) is 4.98 Å². The van der Waals surface area contributed by atoms with Crippen LogP contribution in [0, 0.1) is 18.3 Å². The molecule has 1 saturated carbocycles.